The van der Waals surface area contributed by atoms with E-state index in [0.717, 1.165) is 35.6 Å². The second-order valence-electron chi connectivity index (χ2n) is 10.1. The molecule has 6 atom stereocenters. The molecular formula is C26H37N. The van der Waals surface area contributed by atoms with E-state index in [1.54, 1.807) is 5.57 Å². The van der Waals surface area contributed by atoms with Crippen molar-refractivity contribution in [3.63, 3.8) is 0 Å². The first-order chi connectivity index (χ1) is 13.3. The molecule has 3 aliphatic carbocycles. The zero-order valence-corrected chi connectivity index (χ0v) is 17.1. The van der Waals surface area contributed by atoms with Crippen LogP contribution < -0.4 is 5.32 Å². The van der Waals surface area contributed by atoms with Gasteiger partial charge in [0.15, 0.2) is 0 Å². The topological polar surface area (TPSA) is 12.0 Å². The average Bonchev–Trinajstić information content (AvgIpc) is 3.26. The monoisotopic (exact) mass is 363 g/mol. The highest BCUT2D eigenvalue weighted by Crippen LogP contribution is 2.57. The van der Waals surface area contributed by atoms with Crippen molar-refractivity contribution in [1.82, 2.24) is 5.32 Å². The molecule has 5 rings (SSSR count). The molecule has 1 aliphatic heterocycles. The van der Waals surface area contributed by atoms with Crippen molar-refractivity contribution in [1.29, 1.82) is 0 Å². The Kier molecular flexibility index (Phi) is 5.15. The van der Waals surface area contributed by atoms with Crippen molar-refractivity contribution >= 4 is 0 Å². The van der Waals surface area contributed by atoms with Gasteiger partial charge in [0.2, 0.25) is 0 Å². The van der Waals surface area contributed by atoms with Crippen molar-refractivity contribution in [2.45, 2.75) is 77.2 Å². The van der Waals surface area contributed by atoms with Gasteiger partial charge in [0.1, 0.15) is 0 Å². The van der Waals surface area contributed by atoms with Gasteiger partial charge in [0, 0.05) is 6.04 Å². The number of piperidine rings is 1. The van der Waals surface area contributed by atoms with Gasteiger partial charge >= 0.3 is 0 Å². The molecule has 27 heavy (non-hydrogen) atoms. The first-order valence-electron chi connectivity index (χ1n) is 11.8. The molecule has 1 aromatic rings. The lowest BCUT2D eigenvalue weighted by Crippen LogP contribution is -2.38. The lowest BCUT2D eigenvalue weighted by Gasteiger charge is -2.40. The van der Waals surface area contributed by atoms with Crippen molar-refractivity contribution in [3.05, 3.63) is 47.0 Å². The third-order valence-electron chi connectivity index (χ3n) is 8.68. The third-order valence-corrected chi connectivity index (χ3v) is 8.68. The molecule has 146 valence electrons. The van der Waals surface area contributed by atoms with Crippen LogP contribution in [0.3, 0.4) is 0 Å². The van der Waals surface area contributed by atoms with Gasteiger partial charge in [0.25, 0.3) is 0 Å². The summed E-state index contributed by atoms with van der Waals surface area (Å²) in [5.41, 5.74) is 5.16. The minimum absolute atomic E-state index is 0.775. The second-order valence-corrected chi connectivity index (χ2v) is 10.1. The number of nitrogens with one attached hydrogen (secondary N) is 1. The number of hydrogen-bond acceptors (Lipinski definition) is 1. The highest BCUT2D eigenvalue weighted by atomic mass is 14.9. The van der Waals surface area contributed by atoms with E-state index in [1.165, 1.54) is 76.3 Å². The Morgan fingerprint density at radius 3 is 2.52 bits per heavy atom. The van der Waals surface area contributed by atoms with E-state index < -0.39 is 0 Å². The van der Waals surface area contributed by atoms with E-state index in [1.807, 2.05) is 5.57 Å². The van der Waals surface area contributed by atoms with Crippen molar-refractivity contribution in [2.24, 2.45) is 29.6 Å². The second kappa shape index (κ2) is 7.74. The number of fused-ring (bicyclic) bond motifs is 2. The Bertz CT molecular complexity index is 669. The molecule has 1 saturated heterocycles. The van der Waals surface area contributed by atoms with Crippen LogP contribution in [0.1, 0.15) is 70.3 Å². The first kappa shape index (κ1) is 18.0. The number of rotatable bonds is 4. The molecule has 1 aromatic carbocycles. The van der Waals surface area contributed by atoms with Gasteiger partial charge in [-0.1, -0.05) is 67.2 Å². The summed E-state index contributed by atoms with van der Waals surface area (Å²) < 4.78 is 0. The summed E-state index contributed by atoms with van der Waals surface area (Å²) >= 11 is 0. The molecular weight excluding hydrogens is 326 g/mol. The Hall–Kier alpha value is -1.08. The summed E-state index contributed by atoms with van der Waals surface area (Å²) in [4.78, 5) is 0. The molecule has 1 heteroatoms. The highest BCUT2D eigenvalue weighted by Gasteiger charge is 2.48. The lowest BCUT2D eigenvalue weighted by atomic mass is 9.66. The Labute approximate surface area is 166 Å². The van der Waals surface area contributed by atoms with E-state index in [9.17, 15) is 0 Å². The number of allylic oxidation sites excluding steroid dienone is 2. The standard InChI is InChI=1S/C26H37N/c1-18-23(14-19-8-3-2-4-9-19)25-15-20-10-7-11-21(20)16-26(25)24(18)17-22-12-5-6-13-27-22/h2-4,8-9,20-22,24-27H,5-7,10-17H2,1H3. The predicted octanol–water partition coefficient (Wildman–Crippen LogP) is 6.15. The summed E-state index contributed by atoms with van der Waals surface area (Å²) in [6.45, 7) is 3.76. The quantitative estimate of drug-likeness (QED) is 0.633. The Balaban J connectivity index is 1.41. The van der Waals surface area contributed by atoms with Crippen LogP contribution in [-0.4, -0.2) is 12.6 Å². The molecule has 3 fully saturated rings. The largest absolute Gasteiger partial charge is 0.314 e. The van der Waals surface area contributed by atoms with Gasteiger partial charge in [0.05, 0.1) is 0 Å². The van der Waals surface area contributed by atoms with Crippen LogP contribution in [0, 0.1) is 29.6 Å². The van der Waals surface area contributed by atoms with Gasteiger partial charge < -0.3 is 5.32 Å². The minimum atomic E-state index is 0.775. The van der Waals surface area contributed by atoms with Crippen LogP contribution >= 0.6 is 0 Å². The minimum Gasteiger partial charge on any atom is -0.314 e. The Morgan fingerprint density at radius 2 is 1.74 bits per heavy atom. The van der Waals surface area contributed by atoms with E-state index >= 15 is 0 Å². The summed E-state index contributed by atoms with van der Waals surface area (Å²) in [6, 6.07) is 12.0. The molecule has 0 aromatic heterocycles. The smallest absolute Gasteiger partial charge is 0.00728 e. The molecule has 0 amide bonds. The average molecular weight is 364 g/mol. The zero-order valence-electron chi connectivity index (χ0n) is 17.1. The maximum Gasteiger partial charge on any atom is 0.00728 e. The van der Waals surface area contributed by atoms with Crippen LogP contribution in [0.4, 0.5) is 0 Å². The summed E-state index contributed by atoms with van der Waals surface area (Å²) in [6.07, 6.45) is 14.4. The summed E-state index contributed by atoms with van der Waals surface area (Å²) in [5.74, 6) is 4.78. The molecule has 0 spiro atoms. The number of hydrogen-bond donors (Lipinski definition) is 1. The van der Waals surface area contributed by atoms with E-state index in [4.69, 9.17) is 0 Å². The SMILES string of the molecule is CC1=C(Cc2ccccc2)C2CC3CCCC3CC2C1CC1CCCCN1. The molecule has 1 N–H and O–H groups in total. The first-order valence-corrected chi connectivity index (χ1v) is 11.8. The molecule has 6 unspecified atom stereocenters. The predicted molar refractivity (Wildman–Crippen MR) is 114 cm³/mol. The fraction of sp³-hybridized carbons (Fsp3) is 0.692. The summed E-state index contributed by atoms with van der Waals surface area (Å²) in [7, 11) is 0. The maximum atomic E-state index is 3.85. The van der Waals surface area contributed by atoms with Crippen LogP contribution in [0.5, 0.6) is 0 Å². The third kappa shape index (κ3) is 3.53. The van der Waals surface area contributed by atoms with Crippen molar-refractivity contribution in [3.8, 4) is 0 Å². The zero-order chi connectivity index (χ0) is 18.2. The maximum absolute atomic E-state index is 3.85. The van der Waals surface area contributed by atoms with Gasteiger partial charge in [-0.05, 0) is 87.1 Å². The van der Waals surface area contributed by atoms with Crippen molar-refractivity contribution < 1.29 is 0 Å². The molecule has 2 saturated carbocycles. The molecule has 0 bridgehead atoms. The fourth-order valence-electron chi connectivity index (χ4n) is 7.32. The van der Waals surface area contributed by atoms with E-state index in [-0.39, 0.29) is 0 Å². The highest BCUT2D eigenvalue weighted by molar-refractivity contribution is 5.33. The van der Waals surface area contributed by atoms with Crippen molar-refractivity contribution in [2.75, 3.05) is 6.54 Å². The van der Waals surface area contributed by atoms with Gasteiger partial charge in [-0.3, -0.25) is 0 Å². The van der Waals surface area contributed by atoms with Crippen LogP contribution in [0.25, 0.3) is 0 Å². The van der Waals surface area contributed by atoms with Gasteiger partial charge in [-0.15, -0.1) is 0 Å². The molecule has 1 nitrogen and oxygen atoms in total. The number of benzene rings is 1. The normalized spacial score (nSPS) is 38.7. The van der Waals surface area contributed by atoms with Gasteiger partial charge in [-0.25, -0.2) is 0 Å². The fourth-order valence-corrected chi connectivity index (χ4v) is 7.32. The molecule has 0 radical (unpaired) electrons. The lowest BCUT2D eigenvalue weighted by molar-refractivity contribution is 0.126. The van der Waals surface area contributed by atoms with Gasteiger partial charge in [-0.2, -0.15) is 0 Å². The van der Waals surface area contributed by atoms with E-state index in [0.29, 0.717) is 0 Å². The van der Waals surface area contributed by atoms with Crippen LogP contribution in [-0.2, 0) is 6.42 Å². The Morgan fingerprint density at radius 1 is 0.926 bits per heavy atom. The van der Waals surface area contributed by atoms with Crippen LogP contribution in [0.15, 0.2) is 41.5 Å². The summed E-state index contributed by atoms with van der Waals surface area (Å²) in [5, 5.41) is 3.85. The molecule has 4 aliphatic rings. The molecule has 1 heterocycles. The van der Waals surface area contributed by atoms with E-state index in [2.05, 4.69) is 42.6 Å². The van der Waals surface area contributed by atoms with Crippen LogP contribution in [0.2, 0.25) is 0 Å².